The highest BCUT2D eigenvalue weighted by Gasteiger charge is 2.25. The fourth-order valence-corrected chi connectivity index (χ4v) is 3.46. The number of aliphatic hydroxyl groups is 1. The Hall–Kier alpha value is -2.28. The van der Waals surface area contributed by atoms with Crippen LogP contribution in [0, 0.1) is 11.7 Å². The van der Waals surface area contributed by atoms with Gasteiger partial charge in [0.15, 0.2) is 0 Å². The van der Waals surface area contributed by atoms with Crippen LogP contribution in [0.15, 0.2) is 59.8 Å². The maximum absolute atomic E-state index is 13.3. The van der Waals surface area contributed by atoms with Gasteiger partial charge in [-0.3, -0.25) is 4.90 Å². The summed E-state index contributed by atoms with van der Waals surface area (Å²) in [6, 6.07) is 16.4. The Kier molecular flexibility index (Phi) is 8.37. The maximum Gasteiger partial charge on any atom is 0.145 e. The number of rotatable bonds is 11. The molecular formula is C24H31FN2O3. The van der Waals surface area contributed by atoms with Crippen molar-refractivity contribution in [3.05, 3.63) is 71.5 Å². The van der Waals surface area contributed by atoms with Crippen molar-refractivity contribution in [2.75, 3.05) is 26.3 Å². The molecule has 6 heteroatoms. The van der Waals surface area contributed by atoms with Gasteiger partial charge in [-0.15, -0.1) is 0 Å². The van der Waals surface area contributed by atoms with E-state index in [0.29, 0.717) is 38.6 Å². The van der Waals surface area contributed by atoms with E-state index in [4.69, 9.17) is 9.57 Å². The van der Waals surface area contributed by atoms with Gasteiger partial charge in [0.2, 0.25) is 0 Å². The van der Waals surface area contributed by atoms with Crippen molar-refractivity contribution in [2.45, 2.75) is 39.0 Å². The molecule has 0 bridgehead atoms. The van der Waals surface area contributed by atoms with Crippen molar-refractivity contribution in [1.82, 2.24) is 4.90 Å². The summed E-state index contributed by atoms with van der Waals surface area (Å²) >= 11 is 0. The van der Waals surface area contributed by atoms with E-state index in [2.05, 4.69) is 23.9 Å². The molecule has 0 saturated heterocycles. The van der Waals surface area contributed by atoms with Crippen LogP contribution < -0.4 is 0 Å². The Morgan fingerprint density at radius 1 is 1.13 bits per heavy atom. The van der Waals surface area contributed by atoms with Gasteiger partial charge in [-0.05, 0) is 29.2 Å². The summed E-state index contributed by atoms with van der Waals surface area (Å²) in [5.41, 5.74) is 2.98. The molecule has 30 heavy (non-hydrogen) atoms. The van der Waals surface area contributed by atoms with E-state index in [1.54, 1.807) is 12.1 Å². The number of nitrogens with zero attached hydrogens (tertiary/aromatic N) is 2. The number of benzene rings is 2. The summed E-state index contributed by atoms with van der Waals surface area (Å²) in [4.78, 5) is 7.79. The van der Waals surface area contributed by atoms with Gasteiger partial charge in [0, 0.05) is 32.7 Å². The van der Waals surface area contributed by atoms with Crippen LogP contribution in [0.25, 0.3) is 0 Å². The van der Waals surface area contributed by atoms with E-state index in [1.807, 2.05) is 30.3 Å². The lowest BCUT2D eigenvalue weighted by molar-refractivity contribution is -0.00734. The zero-order valence-electron chi connectivity index (χ0n) is 17.7. The first kappa shape index (κ1) is 22.4. The minimum Gasteiger partial charge on any atom is -0.390 e. The smallest absolute Gasteiger partial charge is 0.145 e. The quantitative estimate of drug-likeness (QED) is 0.607. The Labute approximate surface area is 178 Å². The molecule has 1 aliphatic heterocycles. The highest BCUT2D eigenvalue weighted by Crippen LogP contribution is 2.19. The molecule has 1 N–H and O–H groups in total. The molecule has 0 radical (unpaired) electrons. The highest BCUT2D eigenvalue weighted by molar-refractivity contribution is 6.01. The van der Waals surface area contributed by atoms with Gasteiger partial charge in [-0.2, -0.15) is 0 Å². The van der Waals surface area contributed by atoms with E-state index in [0.717, 1.165) is 16.8 Å². The van der Waals surface area contributed by atoms with Crippen LogP contribution >= 0.6 is 0 Å². The average Bonchev–Trinajstić information content (AvgIpc) is 3.18. The van der Waals surface area contributed by atoms with Gasteiger partial charge in [-0.1, -0.05) is 61.5 Å². The zero-order chi connectivity index (χ0) is 21.3. The van der Waals surface area contributed by atoms with E-state index in [9.17, 15) is 9.50 Å². The summed E-state index contributed by atoms with van der Waals surface area (Å²) in [5, 5.41) is 14.7. The highest BCUT2D eigenvalue weighted by atomic mass is 19.1. The third-order valence-corrected chi connectivity index (χ3v) is 4.85. The summed E-state index contributed by atoms with van der Waals surface area (Å²) in [5.74, 6) is 0.167. The van der Waals surface area contributed by atoms with Gasteiger partial charge in [0.1, 0.15) is 11.9 Å². The number of hydrogen-bond acceptors (Lipinski definition) is 5. The molecule has 2 atom stereocenters. The van der Waals surface area contributed by atoms with Crippen LogP contribution in [-0.4, -0.2) is 54.2 Å². The molecule has 0 amide bonds. The molecule has 0 fully saturated rings. The SMILES string of the molecule is CC(C)COC[C@@H](O)CN(Cc1ccc(F)cc1)C[C@@H]1CC(c2ccccc2)=NO1. The monoisotopic (exact) mass is 414 g/mol. The Morgan fingerprint density at radius 3 is 2.57 bits per heavy atom. The minimum absolute atomic E-state index is 0.0931. The standard InChI is InChI=1S/C24H31FN2O3/c1-18(2)16-29-17-22(28)14-27(13-19-8-10-21(25)11-9-19)15-23-12-24(26-30-23)20-6-4-3-5-7-20/h3-11,18,22-23,28H,12-17H2,1-2H3/t22-,23-/m0/s1. The van der Waals surface area contributed by atoms with Crippen molar-refractivity contribution < 1.29 is 19.1 Å². The molecule has 0 aromatic heterocycles. The van der Waals surface area contributed by atoms with Gasteiger partial charge in [0.05, 0.1) is 18.4 Å². The first-order valence-electron chi connectivity index (χ1n) is 10.5. The molecule has 2 aromatic carbocycles. The normalized spacial score (nSPS) is 17.3. The fraction of sp³-hybridized carbons (Fsp3) is 0.458. The Balaban J connectivity index is 1.58. The molecule has 0 saturated carbocycles. The lowest BCUT2D eigenvalue weighted by Crippen LogP contribution is -2.39. The topological polar surface area (TPSA) is 54.3 Å². The Bertz CT molecular complexity index is 796. The molecule has 3 rings (SSSR count). The second kappa shape index (κ2) is 11.2. The lowest BCUT2D eigenvalue weighted by atomic mass is 10.0. The van der Waals surface area contributed by atoms with E-state index < -0.39 is 6.10 Å². The largest absolute Gasteiger partial charge is 0.390 e. The molecule has 1 heterocycles. The first-order valence-corrected chi connectivity index (χ1v) is 10.5. The van der Waals surface area contributed by atoms with Crippen LogP contribution in [-0.2, 0) is 16.1 Å². The number of oxime groups is 1. The molecule has 5 nitrogen and oxygen atoms in total. The number of aliphatic hydroxyl groups excluding tert-OH is 1. The van der Waals surface area contributed by atoms with Crippen LogP contribution in [0.1, 0.15) is 31.4 Å². The molecule has 1 aliphatic rings. The maximum atomic E-state index is 13.3. The molecular weight excluding hydrogens is 383 g/mol. The predicted octanol–water partition coefficient (Wildman–Crippen LogP) is 3.85. The first-order chi connectivity index (χ1) is 14.5. The lowest BCUT2D eigenvalue weighted by Gasteiger charge is -2.27. The summed E-state index contributed by atoms with van der Waals surface area (Å²) in [7, 11) is 0. The summed E-state index contributed by atoms with van der Waals surface area (Å²) in [6.07, 6.45) is 0.00806. The van der Waals surface area contributed by atoms with Crippen LogP contribution in [0.3, 0.4) is 0 Å². The third-order valence-electron chi connectivity index (χ3n) is 4.85. The van der Waals surface area contributed by atoms with Gasteiger partial charge >= 0.3 is 0 Å². The van der Waals surface area contributed by atoms with Crippen molar-refractivity contribution in [3.63, 3.8) is 0 Å². The summed E-state index contributed by atoms with van der Waals surface area (Å²) in [6.45, 7) is 6.70. The van der Waals surface area contributed by atoms with Crippen LogP contribution in [0.5, 0.6) is 0 Å². The second-order valence-electron chi connectivity index (χ2n) is 8.24. The molecule has 2 aromatic rings. The van der Waals surface area contributed by atoms with E-state index in [-0.39, 0.29) is 18.5 Å². The molecule has 0 spiro atoms. The Morgan fingerprint density at radius 2 is 1.87 bits per heavy atom. The fourth-order valence-electron chi connectivity index (χ4n) is 3.46. The van der Waals surface area contributed by atoms with E-state index >= 15 is 0 Å². The van der Waals surface area contributed by atoms with E-state index in [1.165, 1.54) is 12.1 Å². The molecule has 162 valence electrons. The number of ether oxygens (including phenoxy) is 1. The minimum atomic E-state index is -0.611. The number of hydrogen-bond donors (Lipinski definition) is 1. The average molecular weight is 415 g/mol. The number of halogens is 1. The second-order valence-corrected chi connectivity index (χ2v) is 8.24. The van der Waals surface area contributed by atoms with Crippen molar-refractivity contribution in [3.8, 4) is 0 Å². The molecule has 0 aliphatic carbocycles. The van der Waals surface area contributed by atoms with Crippen LogP contribution in [0.2, 0.25) is 0 Å². The van der Waals surface area contributed by atoms with Crippen molar-refractivity contribution >= 4 is 5.71 Å². The van der Waals surface area contributed by atoms with Crippen molar-refractivity contribution in [1.29, 1.82) is 0 Å². The zero-order valence-corrected chi connectivity index (χ0v) is 17.7. The van der Waals surface area contributed by atoms with Crippen LogP contribution in [0.4, 0.5) is 4.39 Å². The van der Waals surface area contributed by atoms with Crippen molar-refractivity contribution in [2.24, 2.45) is 11.1 Å². The molecule has 0 unspecified atom stereocenters. The van der Waals surface area contributed by atoms with Gasteiger partial charge in [0.25, 0.3) is 0 Å². The predicted molar refractivity (Wildman–Crippen MR) is 116 cm³/mol. The van der Waals surface area contributed by atoms with Gasteiger partial charge in [-0.25, -0.2) is 4.39 Å². The summed E-state index contributed by atoms with van der Waals surface area (Å²) < 4.78 is 18.9. The third kappa shape index (κ3) is 7.20. The van der Waals surface area contributed by atoms with Gasteiger partial charge < -0.3 is 14.7 Å².